The molecule has 8 nitrogen and oxygen atoms in total. The molecule has 37 heavy (non-hydrogen) atoms. The summed E-state index contributed by atoms with van der Waals surface area (Å²) in [6, 6.07) is 16.0. The highest BCUT2D eigenvalue weighted by Crippen LogP contribution is 2.52. The van der Waals surface area contributed by atoms with Gasteiger partial charge in [0, 0.05) is 31.6 Å². The molecule has 2 aromatic rings. The van der Waals surface area contributed by atoms with Gasteiger partial charge in [0.05, 0.1) is 24.1 Å². The van der Waals surface area contributed by atoms with Crippen molar-refractivity contribution in [3.8, 4) is 0 Å². The minimum absolute atomic E-state index is 0.141. The molecule has 3 fully saturated rings. The van der Waals surface area contributed by atoms with Gasteiger partial charge in [0.2, 0.25) is 5.91 Å². The summed E-state index contributed by atoms with van der Waals surface area (Å²) in [6.07, 6.45) is 3.44. The molecule has 0 aromatic heterocycles. The lowest BCUT2D eigenvalue weighted by Crippen LogP contribution is -2.40. The van der Waals surface area contributed by atoms with Crippen molar-refractivity contribution in [1.29, 1.82) is 0 Å². The number of carbonyl (C=O) groups is 3. The van der Waals surface area contributed by atoms with Gasteiger partial charge in [0.15, 0.2) is 5.60 Å². The number of likely N-dealkylation sites (tertiary alicyclic amines) is 1. The molecule has 1 spiro atoms. The van der Waals surface area contributed by atoms with Crippen LogP contribution < -0.4 is 0 Å². The maximum absolute atomic E-state index is 13.7. The third kappa shape index (κ3) is 4.17. The molecule has 1 aliphatic carbocycles. The van der Waals surface area contributed by atoms with E-state index >= 15 is 0 Å². The maximum Gasteiger partial charge on any atom is 0.527 e. The highest BCUT2D eigenvalue weighted by Gasteiger charge is 2.57. The first-order valence-corrected chi connectivity index (χ1v) is 13.3. The maximum atomic E-state index is 13.7. The zero-order valence-corrected chi connectivity index (χ0v) is 21.1. The Labute approximate surface area is 216 Å². The number of hydrogen-bond donors (Lipinski definition) is 0. The van der Waals surface area contributed by atoms with Gasteiger partial charge in [0.1, 0.15) is 0 Å². The number of fused-ring (bicyclic) bond motifs is 2. The Morgan fingerprint density at radius 3 is 2.43 bits per heavy atom. The SMILES string of the molecule is CCOC(=O)ON1CCC(c2ccc(C3(C(=O)N4CCC5(C4)OC(=O)c4ccccc45)CC3)cc2)CC1. The monoisotopic (exact) mass is 504 g/mol. The van der Waals surface area contributed by atoms with Crippen LogP contribution in [0.3, 0.4) is 0 Å². The molecule has 3 heterocycles. The summed E-state index contributed by atoms with van der Waals surface area (Å²) in [5.74, 6) is 0.236. The fourth-order valence-electron chi connectivity index (χ4n) is 6.26. The smallest absolute Gasteiger partial charge is 0.449 e. The number of carbonyl (C=O) groups excluding carboxylic acids is 3. The van der Waals surface area contributed by atoms with Crippen LogP contribution in [0.15, 0.2) is 48.5 Å². The van der Waals surface area contributed by atoms with E-state index in [-0.39, 0.29) is 11.9 Å². The van der Waals surface area contributed by atoms with Gasteiger partial charge in [-0.15, -0.1) is 5.06 Å². The van der Waals surface area contributed by atoms with Gasteiger partial charge in [-0.05, 0) is 55.7 Å². The lowest BCUT2D eigenvalue weighted by Gasteiger charge is -2.30. The Balaban J connectivity index is 1.10. The molecule has 1 unspecified atom stereocenters. The fourth-order valence-corrected chi connectivity index (χ4v) is 6.26. The van der Waals surface area contributed by atoms with Crippen LogP contribution in [0.5, 0.6) is 0 Å². The van der Waals surface area contributed by atoms with E-state index in [2.05, 4.69) is 24.3 Å². The fraction of sp³-hybridized carbons (Fsp3) is 0.483. The number of ether oxygens (including phenoxy) is 2. The number of nitrogens with zero attached hydrogens (tertiary/aromatic N) is 2. The van der Waals surface area contributed by atoms with E-state index in [9.17, 15) is 14.4 Å². The van der Waals surface area contributed by atoms with Crippen LogP contribution in [0.4, 0.5) is 4.79 Å². The Kier molecular flexibility index (Phi) is 5.94. The molecule has 1 amide bonds. The van der Waals surface area contributed by atoms with E-state index in [0.29, 0.717) is 50.7 Å². The lowest BCUT2D eigenvalue weighted by atomic mass is 9.87. The number of esters is 1. The number of hydroxylamine groups is 2. The number of benzene rings is 2. The summed E-state index contributed by atoms with van der Waals surface area (Å²) in [4.78, 5) is 44.9. The van der Waals surface area contributed by atoms with E-state index in [0.717, 1.165) is 36.8 Å². The predicted molar refractivity (Wildman–Crippen MR) is 134 cm³/mol. The minimum atomic E-state index is -0.713. The Morgan fingerprint density at radius 2 is 1.73 bits per heavy atom. The lowest BCUT2D eigenvalue weighted by molar-refractivity contribution is -0.138. The zero-order chi connectivity index (χ0) is 25.6. The molecule has 8 heteroatoms. The molecule has 0 radical (unpaired) electrons. The van der Waals surface area contributed by atoms with Gasteiger partial charge in [-0.2, -0.15) is 0 Å². The highest BCUT2D eigenvalue weighted by atomic mass is 16.8. The number of hydrogen-bond acceptors (Lipinski definition) is 7. The highest BCUT2D eigenvalue weighted by molar-refractivity contribution is 5.96. The second-order valence-electron chi connectivity index (χ2n) is 10.6. The van der Waals surface area contributed by atoms with E-state index in [1.807, 2.05) is 23.1 Å². The van der Waals surface area contributed by atoms with Crippen LogP contribution in [0.1, 0.15) is 72.0 Å². The first kappa shape index (κ1) is 24.0. The van der Waals surface area contributed by atoms with Crippen LogP contribution in [-0.4, -0.2) is 60.8 Å². The van der Waals surface area contributed by atoms with Gasteiger partial charge in [-0.3, -0.25) is 4.79 Å². The Morgan fingerprint density at radius 1 is 1.00 bits per heavy atom. The first-order valence-electron chi connectivity index (χ1n) is 13.3. The summed E-state index contributed by atoms with van der Waals surface area (Å²) in [6.45, 7) is 4.39. The Bertz CT molecular complexity index is 1220. The van der Waals surface area contributed by atoms with Crippen molar-refractivity contribution in [1.82, 2.24) is 9.96 Å². The molecule has 4 aliphatic rings. The van der Waals surface area contributed by atoms with E-state index in [1.54, 1.807) is 18.1 Å². The molecule has 3 aliphatic heterocycles. The molecule has 0 bridgehead atoms. The number of piperidine rings is 1. The third-order valence-corrected chi connectivity index (χ3v) is 8.46. The van der Waals surface area contributed by atoms with Gasteiger partial charge in [0.25, 0.3) is 0 Å². The predicted octanol–water partition coefficient (Wildman–Crippen LogP) is 4.28. The van der Waals surface area contributed by atoms with Crippen LogP contribution in [0.2, 0.25) is 0 Å². The second-order valence-corrected chi connectivity index (χ2v) is 10.6. The number of rotatable bonds is 5. The zero-order valence-electron chi connectivity index (χ0n) is 21.1. The summed E-state index contributed by atoms with van der Waals surface area (Å²) in [5.41, 5.74) is 2.65. The summed E-state index contributed by atoms with van der Waals surface area (Å²) >= 11 is 0. The first-order chi connectivity index (χ1) is 17.9. The van der Waals surface area contributed by atoms with E-state index in [4.69, 9.17) is 14.3 Å². The van der Waals surface area contributed by atoms with Crippen molar-refractivity contribution < 1.29 is 28.7 Å². The number of amides is 1. The molecule has 0 N–H and O–H groups in total. The second kappa shape index (κ2) is 9.17. The van der Waals surface area contributed by atoms with E-state index < -0.39 is 17.2 Å². The van der Waals surface area contributed by atoms with Gasteiger partial charge in [-0.1, -0.05) is 42.5 Å². The van der Waals surface area contributed by atoms with Crippen LogP contribution in [-0.2, 0) is 30.1 Å². The normalized spacial score (nSPS) is 24.6. The average molecular weight is 505 g/mol. The van der Waals surface area contributed by atoms with Crippen molar-refractivity contribution in [3.63, 3.8) is 0 Å². The van der Waals surface area contributed by atoms with Crippen LogP contribution in [0, 0.1) is 0 Å². The van der Waals surface area contributed by atoms with Crippen molar-refractivity contribution in [3.05, 3.63) is 70.8 Å². The van der Waals surface area contributed by atoms with E-state index in [1.165, 1.54) is 5.56 Å². The van der Waals surface area contributed by atoms with Gasteiger partial charge >= 0.3 is 12.1 Å². The van der Waals surface area contributed by atoms with Crippen molar-refractivity contribution in [2.45, 2.75) is 56.0 Å². The molecule has 6 rings (SSSR count). The average Bonchev–Trinajstić information content (AvgIpc) is 3.55. The molecule has 194 valence electrons. The third-order valence-electron chi connectivity index (χ3n) is 8.46. The summed E-state index contributed by atoms with van der Waals surface area (Å²) < 4.78 is 10.7. The molecular weight excluding hydrogens is 472 g/mol. The topological polar surface area (TPSA) is 85.4 Å². The minimum Gasteiger partial charge on any atom is -0.449 e. The summed E-state index contributed by atoms with van der Waals surface area (Å²) in [5, 5.41) is 1.67. The molecule has 1 saturated carbocycles. The van der Waals surface area contributed by atoms with Crippen LogP contribution in [0.25, 0.3) is 0 Å². The Hall–Kier alpha value is -3.39. The molecule has 1 atom stereocenters. The van der Waals surface area contributed by atoms with Crippen molar-refractivity contribution in [2.75, 3.05) is 32.8 Å². The van der Waals surface area contributed by atoms with Gasteiger partial charge in [-0.25, -0.2) is 9.59 Å². The largest absolute Gasteiger partial charge is 0.527 e. The molecular formula is C29H32N2O6. The van der Waals surface area contributed by atoms with Crippen molar-refractivity contribution >= 4 is 18.0 Å². The molecule has 2 saturated heterocycles. The van der Waals surface area contributed by atoms with Crippen LogP contribution >= 0.6 is 0 Å². The quantitative estimate of drug-likeness (QED) is 0.562. The van der Waals surface area contributed by atoms with Gasteiger partial charge < -0.3 is 19.2 Å². The van der Waals surface area contributed by atoms with Crippen molar-refractivity contribution in [2.24, 2.45) is 0 Å². The molecule has 2 aromatic carbocycles. The standard InChI is InChI=1S/C29H32N2O6/c1-2-35-27(34)37-31-16-11-21(12-17-31)20-7-9-22(10-8-20)28(13-14-28)26(33)30-18-15-29(19-30)24-6-4-3-5-23(24)25(32)36-29/h3-10,21H,2,11-19H2,1H3. The summed E-state index contributed by atoms with van der Waals surface area (Å²) in [7, 11) is 0.